The number of benzene rings is 1. The van der Waals surface area contributed by atoms with Crippen LogP contribution < -0.4 is 5.32 Å². The average molecular weight is 386 g/mol. The number of halogens is 4. The summed E-state index contributed by atoms with van der Waals surface area (Å²) in [6.45, 7) is 3.97. The van der Waals surface area contributed by atoms with E-state index in [-0.39, 0.29) is 12.6 Å². The van der Waals surface area contributed by atoms with Crippen molar-refractivity contribution in [2.45, 2.75) is 25.3 Å². The molecule has 0 unspecified atom stereocenters. The predicted molar refractivity (Wildman–Crippen MR) is 96.1 cm³/mol. The molecule has 1 saturated carbocycles. The predicted octanol–water partition coefficient (Wildman–Crippen LogP) is 4.03. The molecule has 2 rings (SSSR count). The van der Waals surface area contributed by atoms with E-state index in [1.807, 2.05) is 5.32 Å². The third-order valence-corrected chi connectivity index (χ3v) is 4.25. The van der Waals surface area contributed by atoms with Gasteiger partial charge in [0.15, 0.2) is 0 Å². The third kappa shape index (κ3) is 4.66. The quantitative estimate of drug-likeness (QED) is 0.403. The molecule has 0 bridgehead atoms. The molecule has 8 heteroatoms. The summed E-state index contributed by atoms with van der Waals surface area (Å²) in [7, 11) is 1.16. The van der Waals surface area contributed by atoms with Gasteiger partial charge in [0.1, 0.15) is 11.3 Å². The van der Waals surface area contributed by atoms with Crippen LogP contribution in [-0.4, -0.2) is 42.6 Å². The van der Waals surface area contributed by atoms with E-state index >= 15 is 0 Å². The van der Waals surface area contributed by atoms with Gasteiger partial charge in [-0.15, -0.1) is 0 Å². The SMILES string of the molecule is C=C(CN(C(=O)/C(C(=N)C(F)F)=C(\F)NC)C1CC1)c1ccc(Cl)cc1. The zero-order chi connectivity index (χ0) is 19.4. The molecule has 0 heterocycles. The first-order chi connectivity index (χ1) is 12.3. The minimum absolute atomic E-state index is 0.0438. The Kier molecular flexibility index (Phi) is 6.47. The van der Waals surface area contributed by atoms with Gasteiger partial charge in [-0.2, -0.15) is 4.39 Å². The van der Waals surface area contributed by atoms with E-state index in [9.17, 15) is 18.0 Å². The molecule has 0 atom stereocenters. The van der Waals surface area contributed by atoms with Gasteiger partial charge in [-0.1, -0.05) is 30.3 Å². The zero-order valence-corrected chi connectivity index (χ0v) is 14.9. The maximum atomic E-state index is 14.0. The molecule has 0 radical (unpaired) electrons. The zero-order valence-electron chi connectivity index (χ0n) is 14.2. The molecular weight excluding hydrogens is 367 g/mol. The number of carbonyl (C=O) groups excluding carboxylic acids is 1. The van der Waals surface area contributed by atoms with Crippen LogP contribution in [-0.2, 0) is 4.79 Å². The lowest BCUT2D eigenvalue weighted by molar-refractivity contribution is -0.126. The summed E-state index contributed by atoms with van der Waals surface area (Å²) in [5.74, 6) is -2.19. The van der Waals surface area contributed by atoms with Crippen LogP contribution in [0.5, 0.6) is 0 Å². The van der Waals surface area contributed by atoms with E-state index in [1.165, 1.54) is 4.90 Å². The first kappa shape index (κ1) is 20.0. The van der Waals surface area contributed by atoms with E-state index in [0.717, 1.165) is 12.6 Å². The summed E-state index contributed by atoms with van der Waals surface area (Å²) >= 11 is 5.85. The highest BCUT2D eigenvalue weighted by Gasteiger charge is 2.38. The van der Waals surface area contributed by atoms with Crippen LogP contribution in [0.25, 0.3) is 5.57 Å². The Morgan fingerprint density at radius 3 is 2.42 bits per heavy atom. The first-order valence-corrected chi connectivity index (χ1v) is 8.33. The highest BCUT2D eigenvalue weighted by molar-refractivity contribution is 6.30. The van der Waals surface area contributed by atoms with Gasteiger partial charge in [-0.25, -0.2) is 8.78 Å². The molecule has 0 saturated heterocycles. The monoisotopic (exact) mass is 385 g/mol. The fraction of sp³-hybridized carbons (Fsp3) is 0.333. The molecule has 26 heavy (non-hydrogen) atoms. The number of rotatable bonds is 8. The average Bonchev–Trinajstić information content (AvgIpc) is 3.44. The number of nitrogens with one attached hydrogen (secondary N) is 2. The highest BCUT2D eigenvalue weighted by atomic mass is 35.5. The topological polar surface area (TPSA) is 56.2 Å². The highest BCUT2D eigenvalue weighted by Crippen LogP contribution is 2.31. The number of hydrogen-bond donors (Lipinski definition) is 2. The van der Waals surface area contributed by atoms with E-state index < -0.39 is 29.6 Å². The van der Waals surface area contributed by atoms with Crippen LogP contribution in [0.3, 0.4) is 0 Å². The first-order valence-electron chi connectivity index (χ1n) is 7.95. The molecule has 140 valence electrons. The number of hydrogen-bond acceptors (Lipinski definition) is 3. The van der Waals surface area contributed by atoms with E-state index in [4.69, 9.17) is 17.0 Å². The number of nitrogens with zero attached hydrogens (tertiary/aromatic N) is 1. The second kappa shape index (κ2) is 8.40. The Labute approximate surface area is 154 Å². The Hall–Kier alpha value is -2.28. The standard InChI is InChI=1S/C18H19ClF3N3O/c1-10(11-3-5-12(19)6-4-11)9-25(13-7-8-13)18(26)14(17(22)24-2)15(23)16(20)21/h3-6,13,16,23-24H,1,7-9H2,2H3/b17-14+,23-15?. The second-order valence-electron chi connectivity index (χ2n) is 5.93. The molecule has 4 nitrogen and oxygen atoms in total. The van der Waals surface area contributed by atoms with E-state index in [1.54, 1.807) is 24.3 Å². The third-order valence-electron chi connectivity index (χ3n) is 4.00. The van der Waals surface area contributed by atoms with Crippen molar-refractivity contribution in [3.63, 3.8) is 0 Å². The van der Waals surface area contributed by atoms with Crippen molar-refractivity contribution in [3.8, 4) is 0 Å². The van der Waals surface area contributed by atoms with Crippen molar-refractivity contribution in [3.05, 3.63) is 53.0 Å². The van der Waals surface area contributed by atoms with Crippen LogP contribution >= 0.6 is 11.6 Å². The fourth-order valence-electron chi connectivity index (χ4n) is 2.44. The number of carbonyl (C=O) groups is 1. The molecule has 1 aromatic rings. The molecule has 1 fully saturated rings. The lowest BCUT2D eigenvalue weighted by Gasteiger charge is -2.25. The Bertz CT molecular complexity index is 743. The van der Waals surface area contributed by atoms with Crippen LogP contribution in [0.1, 0.15) is 18.4 Å². The molecule has 1 aromatic carbocycles. The molecular formula is C18H19ClF3N3O. The van der Waals surface area contributed by atoms with E-state index in [2.05, 4.69) is 6.58 Å². The lowest BCUT2D eigenvalue weighted by atomic mass is 10.1. The summed E-state index contributed by atoms with van der Waals surface area (Å²) in [4.78, 5) is 14.0. The smallest absolute Gasteiger partial charge is 0.280 e. The summed E-state index contributed by atoms with van der Waals surface area (Å²) in [5.41, 5.74) is -0.992. The Balaban J connectivity index is 2.27. The molecule has 1 amide bonds. The van der Waals surface area contributed by atoms with Gasteiger partial charge in [0, 0.05) is 24.7 Å². The van der Waals surface area contributed by atoms with Crippen LogP contribution in [0.4, 0.5) is 13.2 Å². The van der Waals surface area contributed by atoms with Crippen LogP contribution in [0.2, 0.25) is 5.02 Å². The molecule has 1 aliphatic carbocycles. The van der Waals surface area contributed by atoms with Gasteiger partial charge < -0.3 is 10.2 Å². The van der Waals surface area contributed by atoms with Crippen molar-refractivity contribution in [2.75, 3.05) is 13.6 Å². The maximum absolute atomic E-state index is 14.0. The maximum Gasteiger partial charge on any atom is 0.280 e. The molecule has 0 aliphatic heterocycles. The van der Waals surface area contributed by atoms with Crippen molar-refractivity contribution in [2.24, 2.45) is 0 Å². The second-order valence-corrected chi connectivity index (χ2v) is 6.36. The van der Waals surface area contributed by atoms with Crippen molar-refractivity contribution in [1.82, 2.24) is 10.2 Å². The van der Waals surface area contributed by atoms with Crippen LogP contribution in [0.15, 0.2) is 42.4 Å². The molecule has 2 N–H and O–H groups in total. The lowest BCUT2D eigenvalue weighted by Crippen LogP contribution is -2.39. The number of alkyl halides is 2. The summed E-state index contributed by atoms with van der Waals surface area (Å²) < 4.78 is 39.9. The van der Waals surface area contributed by atoms with Crippen molar-refractivity contribution < 1.29 is 18.0 Å². The van der Waals surface area contributed by atoms with Gasteiger partial charge in [-0.05, 0) is 36.1 Å². The Morgan fingerprint density at radius 1 is 1.38 bits per heavy atom. The van der Waals surface area contributed by atoms with Gasteiger partial charge in [0.25, 0.3) is 12.3 Å². The summed E-state index contributed by atoms with van der Waals surface area (Å²) in [5, 5.41) is 10.0. The number of amides is 1. The van der Waals surface area contributed by atoms with Crippen molar-refractivity contribution in [1.29, 1.82) is 5.41 Å². The van der Waals surface area contributed by atoms with Gasteiger partial charge in [0.05, 0.1) is 0 Å². The van der Waals surface area contributed by atoms with Crippen molar-refractivity contribution >= 4 is 28.8 Å². The van der Waals surface area contributed by atoms with Gasteiger partial charge in [0.2, 0.25) is 5.95 Å². The normalized spacial score (nSPS) is 14.7. The minimum Gasteiger partial charge on any atom is -0.364 e. The van der Waals surface area contributed by atoms with Gasteiger partial charge in [-0.3, -0.25) is 10.2 Å². The summed E-state index contributed by atoms with van der Waals surface area (Å²) in [6.07, 6.45) is -1.87. The fourth-order valence-corrected chi connectivity index (χ4v) is 2.57. The molecule has 1 aliphatic rings. The summed E-state index contributed by atoms with van der Waals surface area (Å²) in [6, 6.07) is 6.61. The minimum atomic E-state index is -3.26. The van der Waals surface area contributed by atoms with E-state index in [0.29, 0.717) is 23.4 Å². The molecule has 0 spiro atoms. The molecule has 0 aromatic heterocycles. The van der Waals surface area contributed by atoms with Crippen LogP contribution in [0, 0.1) is 5.41 Å². The largest absolute Gasteiger partial charge is 0.364 e. The van der Waals surface area contributed by atoms with Gasteiger partial charge >= 0.3 is 0 Å². The Morgan fingerprint density at radius 2 is 1.96 bits per heavy atom.